The normalized spacial score (nSPS) is 25.8. The zero-order valence-corrected chi connectivity index (χ0v) is 11.4. The van der Waals surface area contributed by atoms with Crippen LogP contribution >= 0.6 is 0 Å². The Morgan fingerprint density at radius 2 is 2.15 bits per heavy atom. The van der Waals surface area contributed by atoms with Crippen LogP contribution in [0, 0.1) is 0 Å². The number of nitrogens with zero attached hydrogens (tertiary/aromatic N) is 1. The van der Waals surface area contributed by atoms with Crippen LogP contribution in [0.2, 0.25) is 0 Å². The van der Waals surface area contributed by atoms with Crippen molar-refractivity contribution in [1.29, 1.82) is 0 Å². The van der Waals surface area contributed by atoms with Gasteiger partial charge in [-0.2, -0.15) is 0 Å². The van der Waals surface area contributed by atoms with Gasteiger partial charge in [0.05, 0.1) is 12.6 Å². The summed E-state index contributed by atoms with van der Waals surface area (Å²) < 4.78 is 10.9. The molecule has 0 spiro atoms. The fourth-order valence-electron chi connectivity index (χ4n) is 2.79. The van der Waals surface area contributed by atoms with E-state index in [9.17, 15) is 4.79 Å². The van der Waals surface area contributed by atoms with Crippen molar-refractivity contribution in [1.82, 2.24) is 4.90 Å². The number of cyclic esters (lactones) is 1. The molecule has 20 heavy (non-hydrogen) atoms. The molecule has 0 N–H and O–H groups in total. The van der Waals surface area contributed by atoms with Gasteiger partial charge in [-0.1, -0.05) is 42.5 Å². The number of rotatable bonds is 4. The Hall–Kier alpha value is -1.81. The van der Waals surface area contributed by atoms with Crippen molar-refractivity contribution in [3.05, 3.63) is 42.0 Å². The predicted molar refractivity (Wildman–Crippen MR) is 76.0 cm³/mol. The molecule has 2 fully saturated rings. The molecule has 106 valence electrons. The molecule has 0 saturated carbocycles. The zero-order chi connectivity index (χ0) is 13.8. The summed E-state index contributed by atoms with van der Waals surface area (Å²) >= 11 is 0. The molecule has 0 unspecified atom stereocenters. The lowest BCUT2D eigenvalue weighted by molar-refractivity contribution is -0.0563. The highest BCUT2D eigenvalue weighted by molar-refractivity contribution is 5.70. The smallest absolute Gasteiger partial charge is 0.412 e. The van der Waals surface area contributed by atoms with Gasteiger partial charge in [-0.3, -0.25) is 4.90 Å². The highest BCUT2D eigenvalue weighted by atomic mass is 16.6. The van der Waals surface area contributed by atoms with E-state index in [1.165, 1.54) is 0 Å². The maximum Gasteiger partial charge on any atom is 0.412 e. The quantitative estimate of drug-likeness (QED) is 0.846. The Morgan fingerprint density at radius 1 is 1.30 bits per heavy atom. The number of benzene rings is 1. The van der Waals surface area contributed by atoms with E-state index in [0.29, 0.717) is 13.2 Å². The number of fused-ring (bicyclic) bond motifs is 1. The first kappa shape index (κ1) is 13.2. The van der Waals surface area contributed by atoms with Crippen LogP contribution < -0.4 is 0 Å². The van der Waals surface area contributed by atoms with E-state index in [0.717, 1.165) is 24.8 Å². The summed E-state index contributed by atoms with van der Waals surface area (Å²) in [6.45, 7) is 1.02. The second-order valence-corrected chi connectivity index (χ2v) is 5.17. The number of carbonyl (C=O) groups is 1. The molecule has 3 rings (SSSR count). The molecule has 4 heteroatoms. The molecular weight excluding hydrogens is 254 g/mol. The number of ether oxygens (including phenoxy) is 2. The SMILES string of the molecule is O=C1OC[C@@H]2CCC[C@@H](OC/C=C\c3ccccc3)N12. The standard InChI is InChI=1S/C16H19NO3/c18-16-17-14(12-20-16)9-4-10-15(17)19-11-5-8-13-6-2-1-3-7-13/h1-3,5-8,14-15H,4,9-12H2/b8-5-/t14-,15+/m0/s1. The first-order valence-corrected chi connectivity index (χ1v) is 7.13. The third kappa shape index (κ3) is 2.85. The van der Waals surface area contributed by atoms with E-state index in [1.807, 2.05) is 42.5 Å². The third-order valence-electron chi connectivity index (χ3n) is 3.80. The lowest BCUT2D eigenvalue weighted by atomic mass is 10.0. The van der Waals surface area contributed by atoms with Crippen LogP contribution in [0.25, 0.3) is 6.08 Å². The van der Waals surface area contributed by atoms with Gasteiger partial charge < -0.3 is 9.47 Å². The van der Waals surface area contributed by atoms with Crippen LogP contribution in [0.4, 0.5) is 4.79 Å². The fourth-order valence-corrected chi connectivity index (χ4v) is 2.79. The van der Waals surface area contributed by atoms with Crippen LogP contribution in [0.1, 0.15) is 24.8 Å². The Bertz CT molecular complexity index is 486. The van der Waals surface area contributed by atoms with E-state index >= 15 is 0 Å². The number of piperidine rings is 1. The predicted octanol–water partition coefficient (Wildman–Crippen LogP) is 3.05. The maximum atomic E-state index is 11.7. The van der Waals surface area contributed by atoms with Crippen molar-refractivity contribution in [2.45, 2.75) is 31.5 Å². The second-order valence-electron chi connectivity index (χ2n) is 5.17. The summed E-state index contributed by atoms with van der Waals surface area (Å²) in [5.74, 6) is 0. The first-order valence-electron chi connectivity index (χ1n) is 7.13. The summed E-state index contributed by atoms with van der Waals surface area (Å²) in [5, 5.41) is 0. The van der Waals surface area contributed by atoms with Crippen molar-refractivity contribution >= 4 is 12.2 Å². The van der Waals surface area contributed by atoms with Gasteiger partial charge in [0.1, 0.15) is 12.8 Å². The number of amides is 1. The molecule has 0 bridgehead atoms. The van der Waals surface area contributed by atoms with Crippen molar-refractivity contribution < 1.29 is 14.3 Å². The van der Waals surface area contributed by atoms with Crippen molar-refractivity contribution in [3.63, 3.8) is 0 Å². The second kappa shape index (κ2) is 6.09. The Morgan fingerprint density at radius 3 is 3.00 bits per heavy atom. The maximum absolute atomic E-state index is 11.7. The number of hydrogen-bond acceptors (Lipinski definition) is 3. The zero-order valence-electron chi connectivity index (χ0n) is 11.4. The van der Waals surface area contributed by atoms with E-state index in [4.69, 9.17) is 9.47 Å². The van der Waals surface area contributed by atoms with Crippen molar-refractivity contribution in [2.24, 2.45) is 0 Å². The summed E-state index contributed by atoms with van der Waals surface area (Å²) in [6.07, 6.45) is 6.65. The van der Waals surface area contributed by atoms with Gasteiger partial charge in [0.25, 0.3) is 0 Å². The Labute approximate surface area is 119 Å². The summed E-state index contributed by atoms with van der Waals surface area (Å²) in [7, 11) is 0. The highest BCUT2D eigenvalue weighted by Crippen LogP contribution is 2.28. The molecule has 0 radical (unpaired) electrons. The van der Waals surface area contributed by atoms with Crippen molar-refractivity contribution in [2.75, 3.05) is 13.2 Å². The van der Waals surface area contributed by atoms with Crippen LogP contribution in [0.5, 0.6) is 0 Å². The average Bonchev–Trinajstić information content (AvgIpc) is 2.87. The number of carbonyl (C=O) groups excluding carboxylic acids is 1. The number of hydrogen-bond donors (Lipinski definition) is 0. The molecule has 1 aromatic rings. The van der Waals surface area contributed by atoms with Gasteiger partial charge in [0.15, 0.2) is 0 Å². The molecule has 2 saturated heterocycles. The third-order valence-corrected chi connectivity index (χ3v) is 3.80. The molecule has 2 atom stereocenters. The molecule has 0 aromatic heterocycles. The van der Waals surface area contributed by atoms with E-state index in [1.54, 1.807) is 4.90 Å². The van der Waals surface area contributed by atoms with Gasteiger partial charge in [-0.05, 0) is 24.8 Å². The van der Waals surface area contributed by atoms with E-state index < -0.39 is 0 Å². The lowest BCUT2D eigenvalue weighted by Gasteiger charge is -2.34. The van der Waals surface area contributed by atoms with Gasteiger partial charge in [-0.25, -0.2) is 4.79 Å². The minimum absolute atomic E-state index is 0.135. The topological polar surface area (TPSA) is 38.8 Å². The Kier molecular flexibility index (Phi) is 4.02. The van der Waals surface area contributed by atoms with Crippen molar-refractivity contribution in [3.8, 4) is 0 Å². The monoisotopic (exact) mass is 273 g/mol. The minimum atomic E-state index is -0.230. The average molecular weight is 273 g/mol. The Balaban J connectivity index is 1.53. The molecule has 1 amide bonds. The van der Waals surface area contributed by atoms with Gasteiger partial charge >= 0.3 is 6.09 Å². The molecule has 0 aliphatic carbocycles. The van der Waals surface area contributed by atoms with E-state index in [-0.39, 0.29) is 18.4 Å². The largest absolute Gasteiger partial charge is 0.447 e. The van der Waals surface area contributed by atoms with Gasteiger partial charge in [0.2, 0.25) is 0 Å². The van der Waals surface area contributed by atoms with Crippen LogP contribution in [-0.4, -0.2) is 36.5 Å². The first-order chi connectivity index (χ1) is 9.84. The van der Waals surface area contributed by atoms with Gasteiger partial charge in [0, 0.05) is 0 Å². The highest BCUT2D eigenvalue weighted by Gasteiger charge is 2.40. The lowest BCUT2D eigenvalue weighted by Crippen LogP contribution is -2.46. The summed E-state index contributed by atoms with van der Waals surface area (Å²) in [4.78, 5) is 13.4. The fraction of sp³-hybridized carbons (Fsp3) is 0.438. The molecule has 2 aliphatic rings. The van der Waals surface area contributed by atoms with Crippen LogP contribution in [0.3, 0.4) is 0 Å². The summed E-state index contributed by atoms with van der Waals surface area (Å²) in [6, 6.07) is 10.3. The van der Waals surface area contributed by atoms with Gasteiger partial charge in [-0.15, -0.1) is 0 Å². The van der Waals surface area contributed by atoms with Crippen LogP contribution in [0.15, 0.2) is 36.4 Å². The van der Waals surface area contributed by atoms with Crippen LogP contribution in [-0.2, 0) is 9.47 Å². The molecule has 2 aliphatic heterocycles. The molecule has 2 heterocycles. The van der Waals surface area contributed by atoms with E-state index in [2.05, 4.69) is 0 Å². The molecule has 4 nitrogen and oxygen atoms in total. The molecular formula is C16H19NO3. The molecule has 1 aromatic carbocycles. The minimum Gasteiger partial charge on any atom is -0.447 e. The summed E-state index contributed by atoms with van der Waals surface area (Å²) in [5.41, 5.74) is 1.15.